The van der Waals surface area contributed by atoms with Crippen molar-refractivity contribution in [2.45, 2.75) is 37.1 Å². The first kappa shape index (κ1) is 16.2. The molecule has 0 radical (unpaired) electrons. The van der Waals surface area contributed by atoms with Crippen LogP contribution in [-0.2, 0) is 10.0 Å². The molecule has 0 amide bonds. The Morgan fingerprint density at radius 1 is 1.38 bits per heavy atom. The van der Waals surface area contributed by atoms with Gasteiger partial charge in [0.15, 0.2) is 5.82 Å². The molecule has 4 N–H and O–H groups in total. The van der Waals surface area contributed by atoms with E-state index in [9.17, 15) is 8.42 Å². The van der Waals surface area contributed by atoms with Crippen LogP contribution in [0.1, 0.15) is 26.2 Å². The summed E-state index contributed by atoms with van der Waals surface area (Å²) in [7, 11) is -3.62. The van der Waals surface area contributed by atoms with Crippen LogP contribution in [0.15, 0.2) is 23.2 Å². The predicted octanol–water partition coefficient (Wildman–Crippen LogP) is 0.520. The summed E-state index contributed by atoms with van der Waals surface area (Å²) in [6.07, 6.45) is 5.11. The summed E-state index contributed by atoms with van der Waals surface area (Å²) in [5.41, 5.74) is 2.31. The van der Waals surface area contributed by atoms with E-state index in [1.165, 1.54) is 31.5 Å². The first-order valence-corrected chi connectivity index (χ1v) is 8.68. The van der Waals surface area contributed by atoms with Crippen molar-refractivity contribution in [1.82, 2.24) is 14.6 Å². The van der Waals surface area contributed by atoms with Gasteiger partial charge < -0.3 is 5.43 Å². The second-order valence-electron chi connectivity index (χ2n) is 5.29. The van der Waals surface area contributed by atoms with Crippen LogP contribution in [0.4, 0.5) is 5.82 Å². The smallest absolute Gasteiger partial charge is 0.244 e. The summed E-state index contributed by atoms with van der Waals surface area (Å²) in [5, 5.41) is 0. The molecule has 1 fully saturated rings. The maximum absolute atomic E-state index is 12.3. The molecule has 0 saturated carbocycles. The first-order chi connectivity index (χ1) is 10.0. The van der Waals surface area contributed by atoms with Gasteiger partial charge in [0.05, 0.1) is 0 Å². The topological polar surface area (TPSA) is 100 Å². The Kier molecular flexibility index (Phi) is 5.51. The van der Waals surface area contributed by atoms with Gasteiger partial charge in [0, 0.05) is 18.8 Å². The van der Waals surface area contributed by atoms with E-state index in [1.807, 2.05) is 6.92 Å². The second kappa shape index (κ2) is 7.17. The third-order valence-electron chi connectivity index (χ3n) is 3.78. The Bertz CT molecular complexity index is 557. The molecule has 0 aromatic carbocycles. The highest BCUT2D eigenvalue weighted by Crippen LogP contribution is 2.17. The van der Waals surface area contributed by atoms with Gasteiger partial charge in [-0.05, 0) is 45.0 Å². The van der Waals surface area contributed by atoms with Crippen molar-refractivity contribution in [3.63, 3.8) is 0 Å². The van der Waals surface area contributed by atoms with Crippen LogP contribution in [0.5, 0.6) is 0 Å². The summed E-state index contributed by atoms with van der Waals surface area (Å²) in [5.74, 6) is 5.46. The summed E-state index contributed by atoms with van der Waals surface area (Å²) in [4.78, 5) is 6.30. The number of nitrogens with zero attached hydrogens (tertiary/aromatic N) is 2. The van der Waals surface area contributed by atoms with E-state index in [2.05, 4.69) is 20.0 Å². The fraction of sp³-hybridized carbons (Fsp3) is 0.615. The zero-order valence-corrected chi connectivity index (χ0v) is 13.1. The monoisotopic (exact) mass is 313 g/mol. The highest BCUT2D eigenvalue weighted by Gasteiger charge is 2.22. The minimum atomic E-state index is -3.62. The van der Waals surface area contributed by atoms with Crippen molar-refractivity contribution in [3.8, 4) is 0 Å². The standard InChI is InChI=1S/C13H23N5O2S/c1-11(18-8-3-2-4-9-18)10-16-21(19,20)12-6-5-7-15-13(12)17-14/h5-7,11,16H,2-4,8-10,14H2,1H3,(H,15,17). The molecule has 1 atom stereocenters. The Labute approximate surface area is 125 Å². The van der Waals surface area contributed by atoms with Crippen LogP contribution < -0.4 is 16.0 Å². The van der Waals surface area contributed by atoms with Gasteiger partial charge >= 0.3 is 0 Å². The SMILES string of the molecule is CC(CNS(=O)(=O)c1cccnc1NN)N1CCCCC1. The number of nitrogens with two attached hydrogens (primary N) is 1. The van der Waals surface area contributed by atoms with E-state index in [1.54, 1.807) is 6.07 Å². The highest BCUT2D eigenvalue weighted by molar-refractivity contribution is 7.89. The molecule has 8 heteroatoms. The van der Waals surface area contributed by atoms with Crippen LogP contribution in [0, 0.1) is 0 Å². The number of sulfonamides is 1. The van der Waals surface area contributed by atoms with Crippen molar-refractivity contribution in [2.24, 2.45) is 5.84 Å². The van der Waals surface area contributed by atoms with Crippen LogP contribution in [0.3, 0.4) is 0 Å². The molecule has 1 aromatic rings. The Balaban J connectivity index is 2.00. The third kappa shape index (κ3) is 4.13. The number of piperidine rings is 1. The minimum Gasteiger partial charge on any atom is -0.307 e. The fourth-order valence-corrected chi connectivity index (χ4v) is 3.75. The summed E-state index contributed by atoms with van der Waals surface area (Å²) >= 11 is 0. The van der Waals surface area contributed by atoms with E-state index >= 15 is 0 Å². The predicted molar refractivity (Wildman–Crippen MR) is 82.1 cm³/mol. The Morgan fingerprint density at radius 3 is 2.76 bits per heavy atom. The molecule has 2 heterocycles. The van der Waals surface area contributed by atoms with E-state index < -0.39 is 10.0 Å². The Hall–Kier alpha value is -1.22. The number of likely N-dealkylation sites (tertiary alicyclic amines) is 1. The maximum atomic E-state index is 12.3. The number of hydrogen-bond donors (Lipinski definition) is 3. The van der Waals surface area contributed by atoms with Crippen molar-refractivity contribution in [1.29, 1.82) is 0 Å². The second-order valence-corrected chi connectivity index (χ2v) is 7.03. The number of hydrazine groups is 1. The van der Waals surface area contributed by atoms with E-state index in [0.29, 0.717) is 6.54 Å². The summed E-state index contributed by atoms with van der Waals surface area (Å²) < 4.78 is 27.3. The molecule has 118 valence electrons. The van der Waals surface area contributed by atoms with Crippen LogP contribution in [-0.4, -0.2) is 44.0 Å². The van der Waals surface area contributed by atoms with E-state index in [0.717, 1.165) is 13.1 Å². The van der Waals surface area contributed by atoms with Crippen molar-refractivity contribution < 1.29 is 8.42 Å². The zero-order chi connectivity index (χ0) is 15.3. The molecule has 1 aliphatic heterocycles. The zero-order valence-electron chi connectivity index (χ0n) is 12.2. The highest BCUT2D eigenvalue weighted by atomic mass is 32.2. The van der Waals surface area contributed by atoms with E-state index in [4.69, 9.17) is 5.84 Å². The largest absolute Gasteiger partial charge is 0.307 e. The van der Waals surface area contributed by atoms with Gasteiger partial charge in [-0.15, -0.1) is 0 Å². The molecular weight excluding hydrogens is 290 g/mol. The van der Waals surface area contributed by atoms with Gasteiger partial charge in [0.1, 0.15) is 4.90 Å². The van der Waals surface area contributed by atoms with Crippen molar-refractivity contribution >= 4 is 15.8 Å². The fourth-order valence-electron chi connectivity index (χ4n) is 2.51. The van der Waals surface area contributed by atoms with Gasteiger partial charge in [-0.3, -0.25) is 4.90 Å². The summed E-state index contributed by atoms with van der Waals surface area (Å²) in [6, 6.07) is 3.23. The third-order valence-corrected chi connectivity index (χ3v) is 5.23. The number of rotatable bonds is 6. The molecular formula is C13H23N5O2S. The van der Waals surface area contributed by atoms with Gasteiger partial charge in [-0.1, -0.05) is 6.42 Å². The lowest BCUT2D eigenvalue weighted by atomic mass is 10.1. The lowest BCUT2D eigenvalue weighted by molar-refractivity contribution is 0.175. The minimum absolute atomic E-state index is 0.0679. The molecule has 0 spiro atoms. The van der Waals surface area contributed by atoms with Gasteiger partial charge in [-0.25, -0.2) is 24.0 Å². The molecule has 2 rings (SSSR count). The molecule has 1 unspecified atom stereocenters. The summed E-state index contributed by atoms with van der Waals surface area (Å²) in [6.45, 7) is 4.48. The average molecular weight is 313 g/mol. The molecule has 1 aromatic heterocycles. The normalized spacial score (nSPS) is 18.4. The number of hydrogen-bond acceptors (Lipinski definition) is 6. The lowest BCUT2D eigenvalue weighted by Gasteiger charge is -2.32. The quantitative estimate of drug-likeness (QED) is 0.523. The average Bonchev–Trinajstić information content (AvgIpc) is 2.53. The van der Waals surface area contributed by atoms with Crippen LogP contribution in [0.25, 0.3) is 0 Å². The van der Waals surface area contributed by atoms with Gasteiger partial charge in [0.2, 0.25) is 10.0 Å². The van der Waals surface area contributed by atoms with E-state index in [-0.39, 0.29) is 16.8 Å². The first-order valence-electron chi connectivity index (χ1n) is 7.20. The Morgan fingerprint density at radius 2 is 2.10 bits per heavy atom. The van der Waals surface area contributed by atoms with Gasteiger partial charge in [-0.2, -0.15) is 0 Å². The van der Waals surface area contributed by atoms with Crippen molar-refractivity contribution in [3.05, 3.63) is 18.3 Å². The molecule has 21 heavy (non-hydrogen) atoms. The molecule has 7 nitrogen and oxygen atoms in total. The number of nitrogen functional groups attached to an aromatic ring is 1. The molecule has 0 aliphatic carbocycles. The van der Waals surface area contributed by atoms with Gasteiger partial charge in [0.25, 0.3) is 0 Å². The van der Waals surface area contributed by atoms with Crippen LogP contribution >= 0.6 is 0 Å². The molecule has 1 saturated heterocycles. The number of anilines is 1. The van der Waals surface area contributed by atoms with Crippen molar-refractivity contribution in [2.75, 3.05) is 25.1 Å². The molecule has 1 aliphatic rings. The molecule has 0 bridgehead atoms. The number of pyridine rings is 1. The number of aromatic nitrogens is 1. The maximum Gasteiger partial charge on any atom is 0.244 e. The van der Waals surface area contributed by atoms with Crippen LogP contribution in [0.2, 0.25) is 0 Å². The lowest BCUT2D eigenvalue weighted by Crippen LogP contribution is -2.44. The number of nitrogens with one attached hydrogen (secondary N) is 2.